The molecule has 1 aliphatic carbocycles. The molecule has 0 radical (unpaired) electrons. The lowest BCUT2D eigenvalue weighted by molar-refractivity contribution is -0.277. The lowest BCUT2D eigenvalue weighted by Crippen LogP contribution is -2.50. The second-order valence-electron chi connectivity index (χ2n) is 2.94. The van der Waals surface area contributed by atoms with E-state index in [1.54, 1.807) is 0 Å². The van der Waals surface area contributed by atoms with Crippen molar-refractivity contribution in [2.75, 3.05) is 0 Å². The zero-order valence-electron chi connectivity index (χ0n) is 6.85. The van der Waals surface area contributed by atoms with E-state index in [4.69, 9.17) is 5.11 Å². The lowest BCUT2D eigenvalue weighted by Gasteiger charge is -2.24. The molecule has 0 saturated heterocycles. The summed E-state index contributed by atoms with van der Waals surface area (Å²) in [6.45, 7) is 0. The third-order valence-electron chi connectivity index (χ3n) is 1.92. The first-order chi connectivity index (χ1) is 6.78. The maximum Gasteiger partial charge on any atom is 0.422 e. The van der Waals surface area contributed by atoms with Crippen LogP contribution in [0.1, 0.15) is 0 Å². The van der Waals surface area contributed by atoms with Gasteiger partial charge in [0.2, 0.25) is 0 Å². The Hall–Kier alpha value is -1.09. The van der Waals surface area contributed by atoms with Gasteiger partial charge in [-0.25, -0.2) is 0 Å². The van der Waals surface area contributed by atoms with E-state index in [0.717, 1.165) is 0 Å². The maximum atomic E-state index is 12.5. The normalized spacial score (nSPS) is 27.3. The van der Waals surface area contributed by atoms with Crippen LogP contribution in [0.4, 0.5) is 39.5 Å². The van der Waals surface area contributed by atoms with Crippen molar-refractivity contribution in [2.24, 2.45) is 0 Å². The van der Waals surface area contributed by atoms with Crippen LogP contribution in [0.5, 0.6) is 0 Å². The topological polar surface area (TPSA) is 20.2 Å². The Balaban J connectivity index is 3.55. The molecular weight excluding hydrogens is 259 g/mol. The predicted molar refractivity (Wildman–Crippen MR) is 30.6 cm³/mol. The minimum Gasteiger partial charge on any atom is -0.506 e. The third-order valence-corrected chi connectivity index (χ3v) is 1.92. The number of alkyl halides is 9. The first-order valence-electron chi connectivity index (χ1n) is 3.42. The van der Waals surface area contributed by atoms with E-state index in [1.165, 1.54) is 0 Å². The van der Waals surface area contributed by atoms with Crippen LogP contribution in [-0.4, -0.2) is 29.1 Å². The molecule has 0 spiro atoms. The van der Waals surface area contributed by atoms with Crippen molar-refractivity contribution in [3.8, 4) is 0 Å². The number of allylic oxidation sites excluding steroid dienone is 2. The minimum absolute atomic E-state index is 3.35. The third kappa shape index (κ3) is 1.21. The highest BCUT2D eigenvalue weighted by Crippen LogP contribution is 2.61. The van der Waals surface area contributed by atoms with Gasteiger partial charge in [0.25, 0.3) is 0 Å². The van der Waals surface area contributed by atoms with Gasteiger partial charge in [-0.2, -0.15) is 39.5 Å². The smallest absolute Gasteiger partial charge is 0.422 e. The first-order valence-corrected chi connectivity index (χ1v) is 3.42. The zero-order valence-corrected chi connectivity index (χ0v) is 6.85. The average Bonchev–Trinajstić information content (AvgIpc) is 2.06. The molecule has 0 aromatic heterocycles. The number of rotatable bonds is 0. The molecule has 0 aliphatic heterocycles. The molecule has 1 aliphatic rings. The van der Waals surface area contributed by atoms with E-state index < -0.39 is 35.3 Å². The highest BCUT2D eigenvalue weighted by molar-refractivity contribution is 5.39. The highest BCUT2D eigenvalue weighted by Gasteiger charge is 2.84. The van der Waals surface area contributed by atoms with E-state index >= 15 is 0 Å². The van der Waals surface area contributed by atoms with Gasteiger partial charge in [-0.15, -0.1) is 0 Å². The summed E-state index contributed by atoms with van der Waals surface area (Å²) in [5, 5.41) is 8.17. The monoisotopic (exact) mass is 260 g/mol. The average molecular weight is 260 g/mol. The molecule has 0 atom stereocenters. The summed E-state index contributed by atoms with van der Waals surface area (Å²) in [7, 11) is 0. The molecule has 0 heterocycles. The summed E-state index contributed by atoms with van der Waals surface area (Å²) in [4.78, 5) is 0. The summed E-state index contributed by atoms with van der Waals surface area (Å²) in [5.41, 5.74) is -3.62. The van der Waals surface area contributed by atoms with Crippen LogP contribution in [0.15, 0.2) is 11.3 Å². The summed E-state index contributed by atoms with van der Waals surface area (Å²) in [5.74, 6) is -21.8. The van der Waals surface area contributed by atoms with E-state index in [1.807, 2.05) is 0 Å². The molecule has 1 N–H and O–H groups in total. The van der Waals surface area contributed by atoms with Crippen molar-refractivity contribution in [1.82, 2.24) is 0 Å². The van der Waals surface area contributed by atoms with Crippen LogP contribution in [0.3, 0.4) is 0 Å². The maximum absolute atomic E-state index is 12.5. The molecule has 10 heteroatoms. The van der Waals surface area contributed by atoms with E-state index in [0.29, 0.717) is 0 Å². The SMILES string of the molecule is OC1=C(C(F)(F)F)C(F)(F)C(F)(F)C1(F)F. The largest absolute Gasteiger partial charge is 0.506 e. The van der Waals surface area contributed by atoms with Gasteiger partial charge < -0.3 is 5.11 Å². The van der Waals surface area contributed by atoms with Gasteiger partial charge in [-0.3, -0.25) is 0 Å². The Morgan fingerprint density at radius 1 is 0.812 bits per heavy atom. The minimum atomic E-state index is -6.32. The van der Waals surface area contributed by atoms with Crippen molar-refractivity contribution in [3.63, 3.8) is 0 Å². The number of hydrogen-bond donors (Lipinski definition) is 1. The van der Waals surface area contributed by atoms with Gasteiger partial charge in [-0.05, 0) is 0 Å². The van der Waals surface area contributed by atoms with Crippen molar-refractivity contribution in [3.05, 3.63) is 11.3 Å². The highest BCUT2D eigenvalue weighted by atomic mass is 19.4. The number of aliphatic hydroxyl groups is 1. The molecule has 16 heavy (non-hydrogen) atoms. The Morgan fingerprint density at radius 3 is 1.31 bits per heavy atom. The number of hydrogen-bond acceptors (Lipinski definition) is 1. The van der Waals surface area contributed by atoms with E-state index in [2.05, 4.69) is 0 Å². The van der Waals surface area contributed by atoms with Gasteiger partial charge in [0.05, 0.1) is 0 Å². The van der Waals surface area contributed by atoms with Crippen LogP contribution in [0.25, 0.3) is 0 Å². The van der Waals surface area contributed by atoms with Crippen molar-refractivity contribution >= 4 is 0 Å². The second-order valence-corrected chi connectivity index (χ2v) is 2.94. The number of aliphatic hydroxyl groups excluding tert-OH is 1. The van der Waals surface area contributed by atoms with Crippen LogP contribution in [-0.2, 0) is 0 Å². The predicted octanol–water partition coefficient (Wildman–Crippen LogP) is 3.28. The molecule has 0 amide bonds. The van der Waals surface area contributed by atoms with E-state index in [-0.39, 0.29) is 0 Å². The molecule has 1 nitrogen and oxygen atoms in total. The zero-order chi connectivity index (χ0) is 13.2. The molecular formula is C6HF9O. The summed E-state index contributed by atoms with van der Waals surface area (Å²) in [6, 6.07) is 0. The van der Waals surface area contributed by atoms with Crippen molar-refractivity contribution < 1.29 is 44.6 Å². The van der Waals surface area contributed by atoms with Gasteiger partial charge in [0.1, 0.15) is 0 Å². The summed E-state index contributed by atoms with van der Waals surface area (Å²) in [6.07, 6.45) is -6.18. The number of halogens is 9. The van der Waals surface area contributed by atoms with Crippen LogP contribution in [0, 0.1) is 0 Å². The fourth-order valence-corrected chi connectivity index (χ4v) is 1.12. The summed E-state index contributed by atoms with van der Waals surface area (Å²) < 4.78 is 110. The van der Waals surface area contributed by atoms with Gasteiger partial charge in [-0.1, -0.05) is 0 Å². The van der Waals surface area contributed by atoms with Crippen molar-refractivity contribution in [2.45, 2.75) is 23.9 Å². The van der Waals surface area contributed by atoms with Crippen LogP contribution >= 0.6 is 0 Å². The molecule has 0 saturated carbocycles. The Labute approximate surface area is 81.2 Å². The second kappa shape index (κ2) is 2.77. The molecule has 94 valence electrons. The first kappa shape index (κ1) is 13.0. The van der Waals surface area contributed by atoms with Gasteiger partial charge in [0.15, 0.2) is 11.3 Å². The van der Waals surface area contributed by atoms with Crippen LogP contribution < -0.4 is 0 Å². The lowest BCUT2D eigenvalue weighted by atomic mass is 10.1. The van der Waals surface area contributed by atoms with E-state index in [9.17, 15) is 39.5 Å². The fraction of sp³-hybridized carbons (Fsp3) is 0.667. The molecule has 0 bridgehead atoms. The molecule has 1 rings (SSSR count). The quantitative estimate of drug-likeness (QED) is 0.662. The van der Waals surface area contributed by atoms with Gasteiger partial charge in [0, 0.05) is 0 Å². The summed E-state index contributed by atoms with van der Waals surface area (Å²) >= 11 is 0. The molecule has 0 fully saturated rings. The molecule has 0 unspecified atom stereocenters. The Morgan fingerprint density at radius 2 is 1.19 bits per heavy atom. The van der Waals surface area contributed by atoms with Crippen LogP contribution in [0.2, 0.25) is 0 Å². The molecule has 0 aromatic rings. The Bertz CT molecular complexity index is 350. The van der Waals surface area contributed by atoms with Crippen molar-refractivity contribution in [1.29, 1.82) is 0 Å². The fourth-order valence-electron chi connectivity index (χ4n) is 1.12. The van der Waals surface area contributed by atoms with Gasteiger partial charge >= 0.3 is 23.9 Å². The standard InChI is InChI=1S/C6HF9O/c7-3(8)1(5(11,12)13)2(16)4(9,10)6(3,14)15/h16H. The Kier molecular flexibility index (Phi) is 2.25. The molecule has 0 aromatic carbocycles.